The Bertz CT molecular complexity index is 784. The van der Waals surface area contributed by atoms with Gasteiger partial charge in [-0.15, -0.1) is 29.9 Å². The van der Waals surface area contributed by atoms with Gasteiger partial charge >= 0.3 is 0 Å². The second-order valence-electron chi connectivity index (χ2n) is 7.17. The van der Waals surface area contributed by atoms with Gasteiger partial charge in [0.25, 0.3) is 0 Å². The second kappa shape index (κ2) is 8.41. The molecular weight excluding hydrogens is 394 g/mol. The lowest BCUT2D eigenvalue weighted by Crippen LogP contribution is -2.32. The van der Waals surface area contributed by atoms with Crippen molar-refractivity contribution >= 4 is 24.8 Å². The molecule has 0 unspecified atom stereocenters. The summed E-state index contributed by atoms with van der Waals surface area (Å²) in [5, 5.41) is 8.62. The third-order valence-electron chi connectivity index (χ3n) is 5.52. The minimum Gasteiger partial charge on any atom is -0.381 e. The number of rotatable bonds is 3. The largest absolute Gasteiger partial charge is 0.381 e. The van der Waals surface area contributed by atoms with Crippen molar-refractivity contribution in [1.82, 2.24) is 19.9 Å². The summed E-state index contributed by atoms with van der Waals surface area (Å²) in [6.45, 7) is 5.02. The fourth-order valence-electron chi connectivity index (χ4n) is 4.24. The standard InChI is InChI=1S/C18H21FN4O2.2ClH/c19-14-4-2-1-3-13(14)18-16-11-25-17-9-22(7-12-5-6-24-10-12)8-15(17)23(16)21-20-18;;/h1-4,12,15,17H,5-11H2;2*1H/t12-,15+,17+;;/m0../s1. The predicted octanol–water partition coefficient (Wildman–Crippen LogP) is 2.72. The Kier molecular flexibility index (Phi) is 6.38. The van der Waals surface area contributed by atoms with Gasteiger partial charge in [-0.2, -0.15) is 0 Å². The third kappa shape index (κ3) is 3.71. The molecule has 27 heavy (non-hydrogen) atoms. The molecule has 2 fully saturated rings. The van der Waals surface area contributed by atoms with Crippen molar-refractivity contribution in [3.63, 3.8) is 0 Å². The molecule has 148 valence electrons. The van der Waals surface area contributed by atoms with Crippen molar-refractivity contribution in [3.8, 4) is 11.3 Å². The summed E-state index contributed by atoms with van der Waals surface area (Å²) in [6, 6.07) is 6.85. The van der Waals surface area contributed by atoms with Crippen LogP contribution in [0.1, 0.15) is 18.2 Å². The van der Waals surface area contributed by atoms with Gasteiger partial charge in [0.15, 0.2) is 0 Å². The molecule has 3 aliphatic heterocycles. The lowest BCUT2D eigenvalue weighted by molar-refractivity contribution is -0.00508. The fraction of sp³-hybridized carbons (Fsp3) is 0.556. The molecule has 4 heterocycles. The highest BCUT2D eigenvalue weighted by atomic mass is 35.5. The zero-order valence-corrected chi connectivity index (χ0v) is 16.4. The van der Waals surface area contributed by atoms with Crippen LogP contribution >= 0.6 is 24.8 Å². The van der Waals surface area contributed by atoms with Gasteiger partial charge in [0, 0.05) is 31.8 Å². The Morgan fingerprint density at radius 1 is 1.19 bits per heavy atom. The van der Waals surface area contributed by atoms with Crippen LogP contribution in [0.4, 0.5) is 4.39 Å². The summed E-state index contributed by atoms with van der Waals surface area (Å²) >= 11 is 0. The van der Waals surface area contributed by atoms with Crippen molar-refractivity contribution in [2.75, 3.05) is 32.8 Å². The van der Waals surface area contributed by atoms with E-state index in [0.717, 1.165) is 45.0 Å². The molecule has 2 saturated heterocycles. The van der Waals surface area contributed by atoms with E-state index in [4.69, 9.17) is 9.47 Å². The van der Waals surface area contributed by atoms with Crippen LogP contribution in [0.5, 0.6) is 0 Å². The molecule has 3 aliphatic rings. The topological polar surface area (TPSA) is 52.4 Å². The van der Waals surface area contributed by atoms with E-state index < -0.39 is 0 Å². The van der Waals surface area contributed by atoms with Crippen molar-refractivity contribution in [2.24, 2.45) is 5.92 Å². The molecule has 0 bridgehead atoms. The van der Waals surface area contributed by atoms with E-state index in [0.29, 0.717) is 23.8 Å². The molecule has 0 saturated carbocycles. The summed E-state index contributed by atoms with van der Waals surface area (Å²) in [6.07, 6.45) is 1.27. The molecule has 1 aromatic carbocycles. The van der Waals surface area contributed by atoms with E-state index in [-0.39, 0.29) is 42.8 Å². The highest BCUT2D eigenvalue weighted by molar-refractivity contribution is 5.85. The number of benzene rings is 1. The number of hydrogen-bond acceptors (Lipinski definition) is 5. The van der Waals surface area contributed by atoms with Crippen LogP contribution in [0.3, 0.4) is 0 Å². The number of hydrogen-bond donors (Lipinski definition) is 0. The molecule has 0 aliphatic carbocycles. The average Bonchev–Trinajstić information content (AvgIpc) is 3.33. The van der Waals surface area contributed by atoms with E-state index in [2.05, 4.69) is 15.2 Å². The molecule has 0 N–H and O–H groups in total. The SMILES string of the molecule is Cl.Cl.Fc1ccccc1-c1nnn2c1CO[C@@H]1CN(C[C@@H]3CCOC3)C[C@H]12. The van der Waals surface area contributed by atoms with Crippen LogP contribution in [0.2, 0.25) is 0 Å². The number of ether oxygens (including phenoxy) is 2. The van der Waals surface area contributed by atoms with Crippen LogP contribution in [0.25, 0.3) is 11.3 Å². The molecule has 0 spiro atoms. The van der Waals surface area contributed by atoms with Crippen LogP contribution in [0.15, 0.2) is 24.3 Å². The Morgan fingerprint density at radius 3 is 2.81 bits per heavy atom. The Balaban J connectivity index is 0.00000105. The fourth-order valence-corrected chi connectivity index (χ4v) is 4.24. The predicted molar refractivity (Wildman–Crippen MR) is 103 cm³/mol. The molecule has 9 heteroatoms. The maximum Gasteiger partial charge on any atom is 0.132 e. The lowest BCUT2D eigenvalue weighted by atomic mass is 10.1. The smallest absolute Gasteiger partial charge is 0.132 e. The summed E-state index contributed by atoms with van der Waals surface area (Å²) in [5.74, 6) is 0.339. The zero-order valence-electron chi connectivity index (χ0n) is 14.8. The first-order chi connectivity index (χ1) is 12.3. The van der Waals surface area contributed by atoms with Gasteiger partial charge < -0.3 is 9.47 Å². The first-order valence-electron chi connectivity index (χ1n) is 8.90. The van der Waals surface area contributed by atoms with Crippen LogP contribution < -0.4 is 0 Å². The number of fused-ring (bicyclic) bond motifs is 3. The molecule has 6 nitrogen and oxygen atoms in total. The van der Waals surface area contributed by atoms with Gasteiger partial charge in [-0.05, 0) is 24.5 Å². The third-order valence-corrected chi connectivity index (χ3v) is 5.52. The summed E-state index contributed by atoms with van der Waals surface area (Å²) < 4.78 is 27.7. The average molecular weight is 417 g/mol. The number of nitrogens with zero attached hydrogens (tertiary/aromatic N) is 4. The van der Waals surface area contributed by atoms with E-state index >= 15 is 0 Å². The lowest BCUT2D eigenvalue weighted by Gasteiger charge is -2.26. The Hall–Kier alpha value is -1.25. The molecule has 3 atom stereocenters. The van der Waals surface area contributed by atoms with E-state index in [1.165, 1.54) is 6.07 Å². The minimum absolute atomic E-state index is 0. The molecular formula is C18H23Cl2FN4O2. The highest BCUT2D eigenvalue weighted by Crippen LogP contribution is 2.35. The van der Waals surface area contributed by atoms with Gasteiger partial charge in [0.05, 0.1) is 31.1 Å². The van der Waals surface area contributed by atoms with Crippen molar-refractivity contribution in [1.29, 1.82) is 0 Å². The van der Waals surface area contributed by atoms with E-state index in [1.54, 1.807) is 12.1 Å². The summed E-state index contributed by atoms with van der Waals surface area (Å²) in [7, 11) is 0. The van der Waals surface area contributed by atoms with Gasteiger partial charge in [-0.3, -0.25) is 4.90 Å². The second-order valence-corrected chi connectivity index (χ2v) is 7.17. The van der Waals surface area contributed by atoms with Crippen molar-refractivity contribution < 1.29 is 13.9 Å². The maximum atomic E-state index is 14.1. The molecule has 2 aromatic rings. The normalized spacial score (nSPS) is 26.8. The highest BCUT2D eigenvalue weighted by Gasteiger charge is 2.41. The van der Waals surface area contributed by atoms with Gasteiger partial charge in [-0.1, -0.05) is 17.3 Å². The van der Waals surface area contributed by atoms with Gasteiger partial charge in [0.1, 0.15) is 11.5 Å². The molecule has 0 radical (unpaired) electrons. The first-order valence-corrected chi connectivity index (χ1v) is 8.90. The molecule has 5 rings (SSSR count). The first kappa shape index (κ1) is 20.5. The van der Waals surface area contributed by atoms with E-state index in [1.807, 2.05) is 10.7 Å². The molecule has 1 aromatic heterocycles. The summed E-state index contributed by atoms with van der Waals surface area (Å²) in [4.78, 5) is 2.44. The van der Waals surface area contributed by atoms with Gasteiger partial charge in [0.2, 0.25) is 0 Å². The van der Waals surface area contributed by atoms with Crippen LogP contribution in [0, 0.1) is 11.7 Å². The van der Waals surface area contributed by atoms with Crippen LogP contribution in [-0.4, -0.2) is 58.8 Å². The number of likely N-dealkylation sites (tertiary alicyclic amines) is 1. The van der Waals surface area contributed by atoms with Crippen molar-refractivity contribution in [3.05, 3.63) is 35.8 Å². The Labute approximate surface area is 169 Å². The zero-order chi connectivity index (χ0) is 16.8. The summed E-state index contributed by atoms with van der Waals surface area (Å²) in [5.41, 5.74) is 1.96. The monoisotopic (exact) mass is 416 g/mol. The number of halogens is 3. The van der Waals surface area contributed by atoms with Gasteiger partial charge in [-0.25, -0.2) is 9.07 Å². The molecule has 0 amide bonds. The Morgan fingerprint density at radius 2 is 2.04 bits per heavy atom. The van der Waals surface area contributed by atoms with E-state index in [9.17, 15) is 4.39 Å². The number of aromatic nitrogens is 3. The van der Waals surface area contributed by atoms with Crippen LogP contribution in [-0.2, 0) is 16.1 Å². The minimum atomic E-state index is -0.276. The van der Waals surface area contributed by atoms with Crippen molar-refractivity contribution in [2.45, 2.75) is 25.2 Å². The quantitative estimate of drug-likeness (QED) is 0.769. The maximum absolute atomic E-state index is 14.1.